The van der Waals surface area contributed by atoms with Crippen molar-refractivity contribution < 1.29 is 4.79 Å². The molecule has 2 aliphatic rings. The Kier molecular flexibility index (Phi) is 6.30. The zero-order valence-electron chi connectivity index (χ0n) is 14.1. The Balaban J connectivity index is 1.43. The zero-order valence-corrected chi connectivity index (χ0v) is 14.8. The van der Waals surface area contributed by atoms with Crippen molar-refractivity contribution in [3.8, 4) is 0 Å². The van der Waals surface area contributed by atoms with Crippen LogP contribution < -0.4 is 5.32 Å². The summed E-state index contributed by atoms with van der Waals surface area (Å²) in [6.45, 7) is 6.27. The first-order valence-corrected chi connectivity index (χ1v) is 9.23. The third-order valence-corrected chi connectivity index (χ3v) is 5.14. The average molecular weight is 348 g/mol. The fourth-order valence-corrected chi connectivity index (χ4v) is 3.45. The quantitative estimate of drug-likeness (QED) is 0.909. The minimum Gasteiger partial charge on any atom is -0.342 e. The highest BCUT2D eigenvalue weighted by atomic mass is 35.5. The number of piperidine rings is 1. The molecule has 0 unspecified atom stereocenters. The number of hydrogen-bond acceptors (Lipinski definition) is 3. The number of allylic oxidation sites excluding steroid dienone is 1. The Hall–Kier alpha value is -1.36. The molecule has 0 bridgehead atoms. The molecule has 3 rings (SSSR count). The van der Waals surface area contributed by atoms with Crippen LogP contribution in [0.5, 0.6) is 0 Å². The summed E-state index contributed by atoms with van der Waals surface area (Å²) in [7, 11) is 0. The first-order valence-electron chi connectivity index (χ1n) is 8.85. The summed E-state index contributed by atoms with van der Waals surface area (Å²) < 4.78 is 0. The molecule has 0 saturated carbocycles. The smallest absolute Gasteiger partial charge is 0.236 e. The van der Waals surface area contributed by atoms with Crippen LogP contribution in [0.1, 0.15) is 18.4 Å². The molecule has 0 spiro atoms. The Morgan fingerprint density at radius 2 is 1.79 bits per heavy atom. The van der Waals surface area contributed by atoms with Crippen LogP contribution in [-0.4, -0.2) is 61.5 Å². The molecule has 1 aromatic carbocycles. The molecule has 2 fully saturated rings. The second-order valence-corrected chi connectivity index (χ2v) is 7.09. The number of carbonyl (C=O) groups is 1. The summed E-state index contributed by atoms with van der Waals surface area (Å²) >= 11 is 5.91. The van der Waals surface area contributed by atoms with Crippen molar-refractivity contribution in [2.75, 3.05) is 45.8 Å². The predicted octanol–water partition coefficient (Wildman–Crippen LogP) is 2.50. The van der Waals surface area contributed by atoms with Gasteiger partial charge in [-0.25, -0.2) is 0 Å². The molecule has 5 heteroatoms. The van der Waals surface area contributed by atoms with Crippen LogP contribution in [0.15, 0.2) is 30.3 Å². The summed E-state index contributed by atoms with van der Waals surface area (Å²) in [4.78, 5) is 16.7. The van der Waals surface area contributed by atoms with Crippen molar-refractivity contribution in [2.45, 2.75) is 12.8 Å². The van der Waals surface area contributed by atoms with Gasteiger partial charge in [-0.3, -0.25) is 9.69 Å². The van der Waals surface area contributed by atoms with E-state index in [1.165, 1.54) is 5.56 Å². The molecule has 1 aromatic rings. The second-order valence-electron chi connectivity index (χ2n) is 6.66. The molecular weight excluding hydrogens is 322 g/mol. The molecule has 0 radical (unpaired) electrons. The van der Waals surface area contributed by atoms with Crippen molar-refractivity contribution in [3.05, 3.63) is 40.9 Å². The topological polar surface area (TPSA) is 35.6 Å². The van der Waals surface area contributed by atoms with Crippen LogP contribution in [0.2, 0.25) is 5.02 Å². The number of benzene rings is 1. The molecule has 1 amide bonds. The summed E-state index contributed by atoms with van der Waals surface area (Å²) in [5, 5.41) is 4.09. The van der Waals surface area contributed by atoms with Gasteiger partial charge in [0.15, 0.2) is 0 Å². The summed E-state index contributed by atoms with van der Waals surface area (Å²) in [5.41, 5.74) is 1.18. The number of nitrogens with zero attached hydrogens (tertiary/aromatic N) is 2. The number of likely N-dealkylation sites (tertiary alicyclic amines) is 1. The molecule has 24 heavy (non-hydrogen) atoms. The normalized spacial score (nSPS) is 20.6. The molecule has 0 aliphatic carbocycles. The molecule has 2 saturated heterocycles. The molecule has 0 aromatic heterocycles. The third kappa shape index (κ3) is 5.07. The van der Waals surface area contributed by atoms with Gasteiger partial charge in [-0.05, 0) is 36.5 Å². The number of piperazine rings is 1. The van der Waals surface area contributed by atoms with Crippen molar-refractivity contribution >= 4 is 23.6 Å². The molecular formula is C19H26ClN3O. The van der Waals surface area contributed by atoms with Crippen molar-refractivity contribution in [1.82, 2.24) is 15.1 Å². The van der Waals surface area contributed by atoms with E-state index in [1.807, 2.05) is 29.2 Å². The number of carbonyl (C=O) groups excluding carboxylic acids is 1. The van der Waals surface area contributed by atoms with Crippen LogP contribution in [0.3, 0.4) is 0 Å². The molecule has 0 atom stereocenters. The number of amides is 1. The lowest BCUT2D eigenvalue weighted by molar-refractivity contribution is -0.133. The largest absolute Gasteiger partial charge is 0.342 e. The molecule has 1 N–H and O–H groups in total. The van der Waals surface area contributed by atoms with Crippen molar-refractivity contribution in [2.24, 2.45) is 5.92 Å². The first kappa shape index (κ1) is 17.5. The van der Waals surface area contributed by atoms with Crippen LogP contribution in [0, 0.1) is 5.92 Å². The average Bonchev–Trinajstić information content (AvgIpc) is 2.62. The van der Waals surface area contributed by atoms with Crippen LogP contribution >= 0.6 is 11.6 Å². The maximum Gasteiger partial charge on any atom is 0.236 e. The monoisotopic (exact) mass is 347 g/mol. The highest BCUT2D eigenvalue weighted by Crippen LogP contribution is 2.20. The number of halogens is 1. The lowest BCUT2D eigenvalue weighted by atomic mass is 9.95. The number of nitrogens with one attached hydrogen (secondary N) is 1. The van der Waals surface area contributed by atoms with Crippen LogP contribution in [-0.2, 0) is 4.79 Å². The maximum absolute atomic E-state index is 12.4. The van der Waals surface area contributed by atoms with Crippen molar-refractivity contribution in [3.63, 3.8) is 0 Å². The van der Waals surface area contributed by atoms with E-state index in [9.17, 15) is 4.79 Å². The van der Waals surface area contributed by atoms with Gasteiger partial charge in [0.2, 0.25) is 5.91 Å². The summed E-state index contributed by atoms with van der Waals surface area (Å²) in [5.74, 6) is 0.848. The molecule has 2 aliphatic heterocycles. The van der Waals surface area contributed by atoms with E-state index >= 15 is 0 Å². The molecule has 2 heterocycles. The van der Waals surface area contributed by atoms with Crippen molar-refractivity contribution in [1.29, 1.82) is 0 Å². The van der Waals surface area contributed by atoms with Gasteiger partial charge in [0, 0.05) is 44.3 Å². The number of hydrogen-bond donors (Lipinski definition) is 1. The molecule has 4 nitrogen and oxygen atoms in total. The number of rotatable bonds is 4. The summed E-state index contributed by atoms with van der Waals surface area (Å²) in [6, 6.07) is 7.90. The van der Waals surface area contributed by atoms with E-state index in [4.69, 9.17) is 11.6 Å². The fourth-order valence-electron chi connectivity index (χ4n) is 3.32. The van der Waals surface area contributed by atoms with E-state index in [1.54, 1.807) is 0 Å². The summed E-state index contributed by atoms with van der Waals surface area (Å²) in [6.07, 6.45) is 6.55. The fraction of sp³-hybridized carbons (Fsp3) is 0.526. The van der Waals surface area contributed by atoms with E-state index in [2.05, 4.69) is 22.4 Å². The van der Waals surface area contributed by atoms with Gasteiger partial charge >= 0.3 is 0 Å². The van der Waals surface area contributed by atoms with Gasteiger partial charge in [0.05, 0.1) is 6.54 Å². The lowest BCUT2D eigenvalue weighted by Crippen LogP contribution is -2.49. The standard InChI is InChI=1S/C19H26ClN3O/c20-18-5-3-16(4-6-18)1-2-17-7-11-23(12-8-17)19(24)15-22-13-9-21-10-14-22/h1-6,17,21H,7-15H2. The van der Waals surface area contributed by atoms with Gasteiger partial charge in [-0.1, -0.05) is 35.9 Å². The first-order chi connectivity index (χ1) is 11.7. The minimum atomic E-state index is 0.289. The Morgan fingerprint density at radius 1 is 1.12 bits per heavy atom. The highest BCUT2D eigenvalue weighted by molar-refractivity contribution is 6.30. The van der Waals surface area contributed by atoms with Gasteiger partial charge in [0.25, 0.3) is 0 Å². The lowest BCUT2D eigenvalue weighted by Gasteiger charge is -2.33. The van der Waals surface area contributed by atoms with Gasteiger partial charge < -0.3 is 10.2 Å². The minimum absolute atomic E-state index is 0.289. The third-order valence-electron chi connectivity index (χ3n) is 4.89. The highest BCUT2D eigenvalue weighted by Gasteiger charge is 2.23. The van der Waals surface area contributed by atoms with E-state index < -0.39 is 0 Å². The van der Waals surface area contributed by atoms with Crippen LogP contribution in [0.4, 0.5) is 0 Å². The Morgan fingerprint density at radius 3 is 2.46 bits per heavy atom. The van der Waals surface area contributed by atoms with Gasteiger partial charge in [-0.2, -0.15) is 0 Å². The van der Waals surface area contributed by atoms with Gasteiger partial charge in [0.1, 0.15) is 0 Å². The molecule has 130 valence electrons. The van der Waals surface area contributed by atoms with E-state index in [0.29, 0.717) is 12.5 Å². The SMILES string of the molecule is O=C(CN1CCNCC1)N1CCC(C=Cc2ccc(Cl)cc2)CC1. The van der Waals surface area contributed by atoms with E-state index in [-0.39, 0.29) is 5.91 Å². The predicted molar refractivity (Wildman–Crippen MR) is 99.1 cm³/mol. The maximum atomic E-state index is 12.4. The van der Waals surface area contributed by atoms with Gasteiger partial charge in [-0.15, -0.1) is 0 Å². The van der Waals surface area contributed by atoms with Crippen LogP contribution in [0.25, 0.3) is 6.08 Å². The Bertz CT molecular complexity index is 558. The zero-order chi connectivity index (χ0) is 16.8. The second kappa shape index (κ2) is 8.65. The van der Waals surface area contributed by atoms with E-state index in [0.717, 1.165) is 57.1 Å². The Labute approximate surface area is 149 Å².